The molecule has 0 aliphatic rings. The zero-order valence-corrected chi connectivity index (χ0v) is 12.7. The van der Waals surface area contributed by atoms with Crippen LogP contribution in [0.25, 0.3) is 11.4 Å². The van der Waals surface area contributed by atoms with Crippen molar-refractivity contribution in [2.75, 3.05) is 0 Å². The summed E-state index contributed by atoms with van der Waals surface area (Å²) in [6.07, 6.45) is 1.75. The first-order valence-electron chi connectivity index (χ1n) is 6.17. The van der Waals surface area contributed by atoms with Gasteiger partial charge in [-0.15, -0.1) is 11.3 Å². The van der Waals surface area contributed by atoms with Crippen molar-refractivity contribution in [1.82, 2.24) is 14.9 Å². The van der Waals surface area contributed by atoms with Gasteiger partial charge in [0.25, 0.3) is 0 Å². The second-order valence-corrected chi connectivity index (χ2v) is 5.72. The minimum atomic E-state index is -0.294. The summed E-state index contributed by atoms with van der Waals surface area (Å²) in [5.41, 5.74) is 1.89. The van der Waals surface area contributed by atoms with Crippen LogP contribution in [0.4, 0.5) is 4.39 Å². The Hall–Kier alpha value is -2.12. The maximum Gasteiger partial charge on any atom is 0.216 e. The lowest BCUT2D eigenvalue weighted by Gasteiger charge is -2.00. The van der Waals surface area contributed by atoms with Gasteiger partial charge in [0.2, 0.25) is 4.77 Å². The highest BCUT2D eigenvalue weighted by atomic mass is 32.1. The zero-order valence-electron chi connectivity index (χ0n) is 11.1. The number of aromatic amines is 1. The van der Waals surface area contributed by atoms with Gasteiger partial charge in [0.15, 0.2) is 5.82 Å². The Kier molecular flexibility index (Phi) is 3.76. The van der Waals surface area contributed by atoms with Crippen molar-refractivity contribution in [1.29, 1.82) is 0 Å². The van der Waals surface area contributed by atoms with E-state index in [-0.39, 0.29) is 5.82 Å². The molecule has 2 heterocycles. The normalized spacial score (nSPS) is 11.3. The maximum atomic E-state index is 13.0. The average molecular weight is 318 g/mol. The van der Waals surface area contributed by atoms with Gasteiger partial charge in [-0.25, -0.2) is 9.49 Å². The molecule has 3 rings (SSSR count). The molecule has 7 heteroatoms. The minimum absolute atomic E-state index is 0.294. The van der Waals surface area contributed by atoms with E-state index in [9.17, 15) is 4.39 Å². The molecule has 106 valence electrons. The van der Waals surface area contributed by atoms with E-state index in [2.05, 4.69) is 15.3 Å². The first-order valence-corrected chi connectivity index (χ1v) is 7.46. The van der Waals surface area contributed by atoms with Crippen molar-refractivity contribution in [3.05, 3.63) is 56.7 Å². The molecule has 0 amide bonds. The van der Waals surface area contributed by atoms with E-state index in [0.29, 0.717) is 10.6 Å². The molecule has 21 heavy (non-hydrogen) atoms. The summed E-state index contributed by atoms with van der Waals surface area (Å²) in [4.78, 5) is 1.06. The molecule has 0 unspecified atom stereocenters. The Bertz CT molecular complexity index is 842. The van der Waals surface area contributed by atoms with Crippen molar-refractivity contribution < 1.29 is 4.39 Å². The lowest BCUT2D eigenvalue weighted by molar-refractivity contribution is 0.628. The fourth-order valence-electron chi connectivity index (χ4n) is 1.81. The number of nitrogens with one attached hydrogen (secondary N) is 1. The van der Waals surface area contributed by atoms with E-state index in [1.54, 1.807) is 29.7 Å². The largest absolute Gasteiger partial charge is 0.250 e. The van der Waals surface area contributed by atoms with E-state index in [1.165, 1.54) is 16.8 Å². The highest BCUT2D eigenvalue weighted by Crippen LogP contribution is 2.18. The Morgan fingerprint density at radius 2 is 2.10 bits per heavy atom. The second-order valence-electron chi connectivity index (χ2n) is 4.38. The summed E-state index contributed by atoms with van der Waals surface area (Å²) in [7, 11) is 0. The standard InChI is InChI=1S/C14H11FN4S2/c1-9-6-7-21-12(9)8-16-19-13(17-18-14(19)20)10-2-4-11(15)5-3-10/h2-8H,1H3,(H,18,20). The predicted molar refractivity (Wildman–Crippen MR) is 84.9 cm³/mol. The molecule has 0 aliphatic carbocycles. The number of aromatic nitrogens is 3. The number of halogens is 1. The van der Waals surface area contributed by atoms with Gasteiger partial charge >= 0.3 is 0 Å². The lowest BCUT2D eigenvalue weighted by atomic mass is 10.2. The topological polar surface area (TPSA) is 46.0 Å². The second kappa shape index (κ2) is 5.71. The summed E-state index contributed by atoms with van der Waals surface area (Å²) in [6.45, 7) is 2.02. The molecule has 3 aromatic rings. The first kappa shape index (κ1) is 13.8. The van der Waals surface area contributed by atoms with E-state index < -0.39 is 0 Å². The van der Waals surface area contributed by atoms with Crippen LogP contribution in [0.2, 0.25) is 0 Å². The number of hydrogen-bond acceptors (Lipinski definition) is 4. The van der Waals surface area contributed by atoms with Crippen LogP contribution in [-0.4, -0.2) is 21.1 Å². The highest BCUT2D eigenvalue weighted by molar-refractivity contribution is 7.71. The molecule has 2 aromatic heterocycles. The monoisotopic (exact) mass is 318 g/mol. The van der Waals surface area contributed by atoms with Crippen LogP contribution in [0.5, 0.6) is 0 Å². The summed E-state index contributed by atoms with van der Waals surface area (Å²) in [6, 6.07) is 8.07. The molecule has 0 saturated carbocycles. The average Bonchev–Trinajstić information content (AvgIpc) is 3.04. The molecule has 0 radical (unpaired) electrons. The fraction of sp³-hybridized carbons (Fsp3) is 0.0714. The first-order chi connectivity index (χ1) is 10.1. The van der Waals surface area contributed by atoms with Crippen molar-refractivity contribution in [2.24, 2.45) is 5.10 Å². The number of H-pyrrole nitrogens is 1. The Morgan fingerprint density at radius 3 is 2.76 bits per heavy atom. The summed E-state index contributed by atoms with van der Waals surface area (Å²) in [5, 5.41) is 13.2. The number of nitrogens with zero attached hydrogens (tertiary/aromatic N) is 3. The Morgan fingerprint density at radius 1 is 1.33 bits per heavy atom. The smallest absolute Gasteiger partial charge is 0.216 e. The van der Waals surface area contributed by atoms with Gasteiger partial charge in [0.05, 0.1) is 11.1 Å². The Labute approximate surface area is 129 Å². The summed E-state index contributed by atoms with van der Waals surface area (Å²) >= 11 is 6.79. The van der Waals surface area contributed by atoms with Crippen LogP contribution in [0, 0.1) is 17.5 Å². The number of aryl methyl sites for hydroxylation is 1. The molecule has 0 saturated heterocycles. The van der Waals surface area contributed by atoms with Gasteiger partial charge in [-0.1, -0.05) is 0 Å². The molecule has 0 spiro atoms. The predicted octanol–water partition coefficient (Wildman–Crippen LogP) is 4.00. The number of thiophene rings is 1. The fourth-order valence-corrected chi connectivity index (χ4v) is 2.77. The molecule has 1 aromatic carbocycles. The van der Waals surface area contributed by atoms with Crippen LogP contribution >= 0.6 is 23.6 Å². The molecule has 0 aliphatic heterocycles. The van der Waals surface area contributed by atoms with Gasteiger partial charge in [-0.05, 0) is 60.4 Å². The molecule has 1 N–H and O–H groups in total. The zero-order chi connectivity index (χ0) is 14.8. The van der Waals surface area contributed by atoms with Crippen molar-refractivity contribution in [3.8, 4) is 11.4 Å². The molecule has 0 atom stereocenters. The van der Waals surface area contributed by atoms with Crippen LogP contribution in [0.1, 0.15) is 10.4 Å². The van der Waals surface area contributed by atoms with Crippen LogP contribution in [0.15, 0.2) is 40.8 Å². The van der Waals surface area contributed by atoms with E-state index >= 15 is 0 Å². The van der Waals surface area contributed by atoms with Gasteiger partial charge in [-0.2, -0.15) is 14.9 Å². The number of rotatable bonds is 3. The maximum absolute atomic E-state index is 13.0. The quantitative estimate of drug-likeness (QED) is 0.586. The van der Waals surface area contributed by atoms with E-state index in [4.69, 9.17) is 12.2 Å². The van der Waals surface area contributed by atoms with Crippen molar-refractivity contribution >= 4 is 29.8 Å². The molecule has 0 fully saturated rings. The molecular weight excluding hydrogens is 307 g/mol. The SMILES string of the molecule is Cc1ccsc1C=Nn1c(-c2ccc(F)cc2)n[nH]c1=S. The summed E-state index contributed by atoms with van der Waals surface area (Å²) in [5.74, 6) is 0.252. The van der Waals surface area contributed by atoms with E-state index in [1.807, 2.05) is 18.4 Å². The van der Waals surface area contributed by atoms with E-state index in [0.717, 1.165) is 16.0 Å². The third-order valence-electron chi connectivity index (χ3n) is 2.95. The van der Waals surface area contributed by atoms with Crippen LogP contribution in [-0.2, 0) is 0 Å². The van der Waals surface area contributed by atoms with Crippen LogP contribution < -0.4 is 0 Å². The lowest BCUT2D eigenvalue weighted by Crippen LogP contribution is -1.95. The van der Waals surface area contributed by atoms with Gasteiger partial charge in [0.1, 0.15) is 5.82 Å². The molecule has 0 bridgehead atoms. The third kappa shape index (κ3) is 2.84. The van der Waals surface area contributed by atoms with Crippen molar-refractivity contribution in [2.45, 2.75) is 6.92 Å². The molecular formula is C14H11FN4S2. The third-order valence-corrected chi connectivity index (χ3v) is 4.16. The summed E-state index contributed by atoms with van der Waals surface area (Å²) < 4.78 is 14.9. The number of benzene rings is 1. The van der Waals surface area contributed by atoms with Gasteiger partial charge in [0, 0.05) is 5.56 Å². The van der Waals surface area contributed by atoms with Crippen molar-refractivity contribution in [3.63, 3.8) is 0 Å². The number of hydrogen-bond donors (Lipinski definition) is 1. The van der Waals surface area contributed by atoms with Gasteiger partial charge < -0.3 is 0 Å². The Balaban J connectivity index is 2.02. The van der Waals surface area contributed by atoms with Crippen LogP contribution in [0.3, 0.4) is 0 Å². The minimum Gasteiger partial charge on any atom is -0.250 e. The highest BCUT2D eigenvalue weighted by Gasteiger charge is 2.08. The van der Waals surface area contributed by atoms with Gasteiger partial charge in [-0.3, -0.25) is 0 Å². The molecule has 4 nitrogen and oxygen atoms in total.